The molecule has 0 saturated heterocycles. The van der Waals surface area contributed by atoms with Gasteiger partial charge in [-0.1, -0.05) is 54.6 Å². The van der Waals surface area contributed by atoms with Gasteiger partial charge in [-0.2, -0.15) is 0 Å². The monoisotopic (exact) mass is 445 g/mol. The van der Waals surface area contributed by atoms with E-state index in [1.807, 2.05) is 36.4 Å². The van der Waals surface area contributed by atoms with Crippen LogP contribution in [0.5, 0.6) is 0 Å². The van der Waals surface area contributed by atoms with Crippen molar-refractivity contribution in [3.63, 3.8) is 0 Å². The summed E-state index contributed by atoms with van der Waals surface area (Å²) >= 11 is 0. The fourth-order valence-corrected chi connectivity index (χ4v) is 3.88. The molecule has 0 aliphatic heterocycles. The number of benzene rings is 2. The third-order valence-electron chi connectivity index (χ3n) is 5.58. The number of aromatic nitrogens is 1. The predicted octanol–water partition coefficient (Wildman–Crippen LogP) is 3.32. The van der Waals surface area contributed by atoms with Crippen molar-refractivity contribution in [3.8, 4) is 11.1 Å². The first-order chi connectivity index (χ1) is 15.9. The normalized spacial score (nSPS) is 12.9. The Hall–Kier alpha value is -4.20. The van der Waals surface area contributed by atoms with Gasteiger partial charge in [-0.25, -0.2) is 14.6 Å². The molecule has 3 N–H and O–H groups in total. The Labute approximate surface area is 190 Å². The number of hydrogen-bond donors (Lipinski definition) is 3. The van der Waals surface area contributed by atoms with Gasteiger partial charge in [-0.05, 0) is 40.8 Å². The zero-order valence-electron chi connectivity index (χ0n) is 17.9. The highest BCUT2D eigenvalue weighted by Crippen LogP contribution is 2.44. The molecule has 2 amide bonds. The first-order valence-electron chi connectivity index (χ1n) is 10.5. The van der Waals surface area contributed by atoms with Crippen LogP contribution in [0.1, 0.15) is 40.0 Å². The molecule has 1 aliphatic carbocycles. The molecular formula is C25H23N3O5. The fraction of sp³-hybridized carbons (Fsp3) is 0.200. The zero-order chi connectivity index (χ0) is 23.4. The van der Waals surface area contributed by atoms with Crippen LogP contribution in [0.15, 0.2) is 66.9 Å². The largest absolute Gasteiger partial charge is 0.477 e. The molecule has 0 saturated carbocycles. The van der Waals surface area contributed by atoms with Crippen LogP contribution in [0.2, 0.25) is 0 Å². The molecule has 0 unspecified atom stereocenters. The summed E-state index contributed by atoms with van der Waals surface area (Å²) in [6.07, 6.45) is 0.708. The summed E-state index contributed by atoms with van der Waals surface area (Å²) in [5.41, 5.74) is 5.07. The van der Waals surface area contributed by atoms with Crippen molar-refractivity contribution in [2.24, 2.45) is 0 Å². The number of ether oxygens (including phenoxy) is 1. The summed E-state index contributed by atoms with van der Waals surface area (Å²) in [6, 6.07) is 18.2. The van der Waals surface area contributed by atoms with Crippen molar-refractivity contribution in [2.75, 3.05) is 6.61 Å². The number of fused-ring (bicyclic) bond motifs is 3. The molecule has 3 aromatic rings. The Morgan fingerprint density at radius 1 is 1.00 bits per heavy atom. The van der Waals surface area contributed by atoms with Crippen molar-refractivity contribution in [1.29, 1.82) is 0 Å². The van der Waals surface area contributed by atoms with Gasteiger partial charge in [0.05, 0.1) is 0 Å². The molecule has 1 aliphatic rings. The molecule has 0 fully saturated rings. The lowest BCUT2D eigenvalue weighted by molar-refractivity contribution is -0.122. The maximum atomic E-state index is 12.3. The van der Waals surface area contributed by atoms with E-state index < -0.39 is 24.0 Å². The smallest absolute Gasteiger partial charge is 0.407 e. The van der Waals surface area contributed by atoms with Crippen molar-refractivity contribution in [1.82, 2.24) is 15.6 Å². The lowest BCUT2D eigenvalue weighted by Crippen LogP contribution is -2.45. The Kier molecular flexibility index (Phi) is 6.35. The molecule has 8 nitrogen and oxygen atoms in total. The van der Waals surface area contributed by atoms with Crippen LogP contribution >= 0.6 is 0 Å². The van der Waals surface area contributed by atoms with Gasteiger partial charge in [0.25, 0.3) is 0 Å². The van der Waals surface area contributed by atoms with E-state index in [2.05, 4.69) is 27.8 Å². The minimum atomic E-state index is -1.12. The van der Waals surface area contributed by atoms with Gasteiger partial charge in [-0.15, -0.1) is 0 Å². The number of nitrogens with zero attached hydrogens (tertiary/aromatic N) is 1. The minimum Gasteiger partial charge on any atom is -0.477 e. The summed E-state index contributed by atoms with van der Waals surface area (Å²) in [7, 11) is 0. The number of carboxylic acids is 1. The van der Waals surface area contributed by atoms with Gasteiger partial charge in [0, 0.05) is 18.7 Å². The third-order valence-corrected chi connectivity index (χ3v) is 5.58. The van der Waals surface area contributed by atoms with E-state index >= 15 is 0 Å². The molecule has 168 valence electrons. The molecule has 0 spiro atoms. The SMILES string of the molecule is C[C@H](NC(=O)OCC1c2ccccc2-c2ccccc21)C(=O)NCc1ccc(C(=O)O)nc1. The highest BCUT2D eigenvalue weighted by atomic mass is 16.5. The van der Waals surface area contributed by atoms with Crippen LogP contribution in [0.4, 0.5) is 4.79 Å². The predicted molar refractivity (Wildman–Crippen MR) is 121 cm³/mol. The van der Waals surface area contributed by atoms with Crippen molar-refractivity contribution in [2.45, 2.75) is 25.4 Å². The van der Waals surface area contributed by atoms with E-state index in [0.29, 0.717) is 5.56 Å². The maximum Gasteiger partial charge on any atom is 0.407 e. The van der Waals surface area contributed by atoms with E-state index in [1.54, 1.807) is 13.0 Å². The van der Waals surface area contributed by atoms with E-state index in [1.165, 1.54) is 12.3 Å². The van der Waals surface area contributed by atoms with E-state index in [4.69, 9.17) is 9.84 Å². The van der Waals surface area contributed by atoms with Gasteiger partial charge in [0.2, 0.25) is 5.91 Å². The van der Waals surface area contributed by atoms with Crippen LogP contribution in [0.3, 0.4) is 0 Å². The summed E-state index contributed by atoms with van der Waals surface area (Å²) in [6.45, 7) is 1.88. The molecule has 8 heteroatoms. The fourth-order valence-electron chi connectivity index (χ4n) is 3.88. The summed E-state index contributed by atoms with van der Waals surface area (Å²) in [4.78, 5) is 39.3. The lowest BCUT2D eigenvalue weighted by atomic mass is 9.98. The van der Waals surface area contributed by atoms with E-state index in [0.717, 1.165) is 22.3 Å². The molecule has 33 heavy (non-hydrogen) atoms. The van der Waals surface area contributed by atoms with E-state index in [-0.39, 0.29) is 24.8 Å². The van der Waals surface area contributed by atoms with Crippen LogP contribution in [0.25, 0.3) is 11.1 Å². The number of rotatable bonds is 7. The molecule has 1 heterocycles. The highest BCUT2D eigenvalue weighted by Gasteiger charge is 2.29. The van der Waals surface area contributed by atoms with Crippen LogP contribution in [0, 0.1) is 0 Å². The summed E-state index contributed by atoms with van der Waals surface area (Å²) < 4.78 is 5.46. The average molecular weight is 445 g/mol. The van der Waals surface area contributed by atoms with Gasteiger partial charge in [0.15, 0.2) is 0 Å². The number of hydrogen-bond acceptors (Lipinski definition) is 5. The second-order valence-electron chi connectivity index (χ2n) is 7.77. The highest BCUT2D eigenvalue weighted by molar-refractivity contribution is 5.86. The zero-order valence-corrected chi connectivity index (χ0v) is 17.9. The number of carboxylic acid groups (broad SMARTS) is 1. The molecule has 1 atom stereocenters. The third kappa shape index (κ3) is 4.85. The Balaban J connectivity index is 1.29. The van der Waals surface area contributed by atoms with Crippen LogP contribution in [-0.4, -0.2) is 40.7 Å². The van der Waals surface area contributed by atoms with Gasteiger partial charge >= 0.3 is 12.1 Å². The number of carbonyl (C=O) groups excluding carboxylic acids is 2. The molecule has 0 bridgehead atoms. The number of nitrogens with one attached hydrogen (secondary N) is 2. The van der Waals surface area contributed by atoms with Crippen molar-refractivity contribution < 1.29 is 24.2 Å². The molecule has 0 radical (unpaired) electrons. The number of aromatic carboxylic acids is 1. The first kappa shape index (κ1) is 22.0. The second kappa shape index (κ2) is 9.52. The van der Waals surface area contributed by atoms with Gasteiger partial charge in [-0.3, -0.25) is 4.79 Å². The standard InChI is InChI=1S/C25H23N3O5/c1-15(23(29)27-13-16-10-11-22(24(30)31)26-12-16)28-25(32)33-14-21-19-8-4-2-6-17(19)18-7-3-5-9-20(18)21/h2-12,15,21H,13-14H2,1H3,(H,27,29)(H,28,32)(H,30,31)/t15-/m0/s1. The van der Waals surface area contributed by atoms with Gasteiger partial charge < -0.3 is 20.5 Å². The van der Waals surface area contributed by atoms with Gasteiger partial charge in [0.1, 0.15) is 18.3 Å². The van der Waals surface area contributed by atoms with Crippen LogP contribution < -0.4 is 10.6 Å². The summed E-state index contributed by atoms with van der Waals surface area (Å²) in [5, 5.41) is 14.1. The number of amides is 2. The van der Waals surface area contributed by atoms with Crippen molar-refractivity contribution in [3.05, 3.63) is 89.2 Å². The number of carbonyl (C=O) groups is 3. The van der Waals surface area contributed by atoms with Crippen LogP contribution in [-0.2, 0) is 16.1 Å². The topological polar surface area (TPSA) is 118 Å². The van der Waals surface area contributed by atoms with Crippen molar-refractivity contribution >= 4 is 18.0 Å². The first-order valence-corrected chi connectivity index (χ1v) is 10.5. The quantitative estimate of drug-likeness (QED) is 0.514. The second-order valence-corrected chi connectivity index (χ2v) is 7.77. The minimum absolute atomic E-state index is 0.0615. The lowest BCUT2D eigenvalue weighted by Gasteiger charge is -2.17. The average Bonchev–Trinajstić information content (AvgIpc) is 3.15. The Morgan fingerprint density at radius 3 is 2.21 bits per heavy atom. The molecule has 4 rings (SSSR count). The molecule has 2 aromatic carbocycles. The number of alkyl carbamates (subject to hydrolysis) is 1. The summed E-state index contributed by atoms with van der Waals surface area (Å²) in [5.74, 6) is -1.58. The van der Waals surface area contributed by atoms with E-state index in [9.17, 15) is 14.4 Å². The molecule has 1 aromatic heterocycles. The Bertz CT molecular complexity index is 1150. The Morgan fingerprint density at radius 2 is 1.64 bits per heavy atom. The maximum absolute atomic E-state index is 12.3. The number of pyridine rings is 1. The molecular weight excluding hydrogens is 422 g/mol.